The van der Waals surface area contributed by atoms with Crippen LogP contribution in [0.2, 0.25) is 0 Å². The van der Waals surface area contributed by atoms with Gasteiger partial charge in [-0.3, -0.25) is 9.59 Å². The minimum Gasteiger partial charge on any atom is -0.482 e. The second-order valence-corrected chi connectivity index (χ2v) is 4.24. The molecule has 0 saturated carbocycles. The summed E-state index contributed by atoms with van der Waals surface area (Å²) in [5, 5.41) is 5.29. The molecule has 2 heterocycles. The Morgan fingerprint density at radius 2 is 2.25 bits per heavy atom. The fourth-order valence-corrected chi connectivity index (χ4v) is 1.84. The average molecular weight is 273 g/mol. The standard InChI is InChI=1S/C13H11N3O4/c14-8-3-11-10(15-12(17)6-20-11)4-9(8)16-13(18)7-1-2-19-5-7/h1-5H,6,14H2,(H,15,17)(H,16,18). The van der Waals surface area contributed by atoms with Gasteiger partial charge in [0.25, 0.3) is 11.8 Å². The molecule has 1 aromatic carbocycles. The van der Waals surface area contributed by atoms with Gasteiger partial charge in [0.1, 0.15) is 12.0 Å². The number of furan rings is 1. The SMILES string of the molecule is Nc1cc2c(cc1NC(=O)c1ccoc1)NC(=O)CO2. The summed E-state index contributed by atoms with van der Waals surface area (Å²) in [6.45, 7) is -0.0484. The van der Waals surface area contributed by atoms with Crippen LogP contribution in [0.4, 0.5) is 17.1 Å². The number of nitrogen functional groups attached to an aromatic ring is 1. The zero-order chi connectivity index (χ0) is 14.1. The molecular weight excluding hydrogens is 262 g/mol. The fraction of sp³-hybridized carbons (Fsp3) is 0.0769. The van der Waals surface area contributed by atoms with E-state index >= 15 is 0 Å². The summed E-state index contributed by atoms with van der Waals surface area (Å²) in [4.78, 5) is 23.2. The number of fused-ring (bicyclic) bond motifs is 1. The Balaban J connectivity index is 1.88. The van der Waals surface area contributed by atoms with Gasteiger partial charge < -0.3 is 25.5 Å². The van der Waals surface area contributed by atoms with Crippen LogP contribution in [-0.2, 0) is 4.79 Å². The molecule has 102 valence electrons. The van der Waals surface area contributed by atoms with Crippen LogP contribution in [0.25, 0.3) is 0 Å². The summed E-state index contributed by atoms with van der Waals surface area (Å²) < 4.78 is 10.1. The third-order valence-corrected chi connectivity index (χ3v) is 2.82. The highest BCUT2D eigenvalue weighted by molar-refractivity contribution is 6.06. The maximum atomic E-state index is 11.9. The Hall–Kier alpha value is -2.96. The number of nitrogens with two attached hydrogens (primary N) is 1. The topological polar surface area (TPSA) is 107 Å². The van der Waals surface area contributed by atoms with E-state index in [4.69, 9.17) is 14.9 Å². The molecule has 1 aliphatic rings. The molecule has 2 aromatic rings. The summed E-state index contributed by atoms with van der Waals surface area (Å²) >= 11 is 0. The van der Waals surface area contributed by atoms with Crippen LogP contribution >= 0.6 is 0 Å². The number of hydrogen-bond donors (Lipinski definition) is 3. The van der Waals surface area contributed by atoms with Crippen molar-refractivity contribution in [3.63, 3.8) is 0 Å². The molecule has 7 heteroatoms. The highest BCUT2D eigenvalue weighted by Gasteiger charge is 2.19. The summed E-state index contributed by atoms with van der Waals surface area (Å²) in [6, 6.07) is 4.65. The molecule has 0 aliphatic carbocycles. The van der Waals surface area contributed by atoms with Crippen LogP contribution in [-0.4, -0.2) is 18.4 Å². The largest absolute Gasteiger partial charge is 0.482 e. The van der Waals surface area contributed by atoms with Gasteiger partial charge in [-0.25, -0.2) is 0 Å². The highest BCUT2D eigenvalue weighted by Crippen LogP contribution is 2.35. The second kappa shape index (κ2) is 4.61. The number of carbonyl (C=O) groups is 2. The van der Waals surface area contributed by atoms with Crippen molar-refractivity contribution < 1.29 is 18.7 Å². The van der Waals surface area contributed by atoms with E-state index in [-0.39, 0.29) is 18.4 Å². The Kier molecular flexibility index (Phi) is 2.79. The average Bonchev–Trinajstić information content (AvgIpc) is 2.94. The number of benzene rings is 1. The van der Waals surface area contributed by atoms with Gasteiger partial charge in [-0.1, -0.05) is 0 Å². The number of anilines is 3. The van der Waals surface area contributed by atoms with Gasteiger partial charge in [0.15, 0.2) is 6.61 Å². The van der Waals surface area contributed by atoms with E-state index in [0.717, 1.165) is 0 Å². The third kappa shape index (κ3) is 2.16. The summed E-state index contributed by atoms with van der Waals surface area (Å²) in [6.07, 6.45) is 2.73. The number of rotatable bonds is 2. The van der Waals surface area contributed by atoms with Gasteiger partial charge in [-0.15, -0.1) is 0 Å². The maximum absolute atomic E-state index is 11.9. The molecule has 2 amide bonds. The van der Waals surface area contributed by atoms with Crippen molar-refractivity contribution in [3.05, 3.63) is 36.3 Å². The van der Waals surface area contributed by atoms with Gasteiger partial charge in [-0.05, 0) is 12.1 Å². The molecule has 3 rings (SSSR count). The van der Waals surface area contributed by atoms with Crippen molar-refractivity contribution in [3.8, 4) is 5.75 Å². The zero-order valence-electron chi connectivity index (χ0n) is 10.3. The quantitative estimate of drug-likeness (QED) is 0.718. The van der Waals surface area contributed by atoms with Crippen LogP contribution in [0, 0.1) is 0 Å². The molecule has 0 radical (unpaired) electrons. The van der Waals surface area contributed by atoms with Crippen LogP contribution < -0.4 is 21.1 Å². The molecule has 0 fully saturated rings. The van der Waals surface area contributed by atoms with Crippen LogP contribution in [0.15, 0.2) is 35.1 Å². The lowest BCUT2D eigenvalue weighted by molar-refractivity contribution is -0.118. The Bertz CT molecular complexity index is 679. The molecule has 7 nitrogen and oxygen atoms in total. The third-order valence-electron chi connectivity index (χ3n) is 2.82. The smallest absolute Gasteiger partial charge is 0.262 e. The van der Waals surface area contributed by atoms with E-state index < -0.39 is 0 Å². The molecule has 20 heavy (non-hydrogen) atoms. The summed E-state index contributed by atoms with van der Waals surface area (Å²) in [7, 11) is 0. The Morgan fingerprint density at radius 1 is 1.40 bits per heavy atom. The predicted molar refractivity (Wildman–Crippen MR) is 71.6 cm³/mol. The minimum atomic E-state index is -0.353. The first kappa shape index (κ1) is 12.1. The summed E-state index contributed by atoms with van der Waals surface area (Å²) in [5.41, 5.74) is 7.43. The minimum absolute atomic E-state index is 0.0484. The molecule has 0 spiro atoms. The van der Waals surface area contributed by atoms with Gasteiger partial charge in [0.05, 0.1) is 28.9 Å². The Labute approximate surface area is 113 Å². The molecule has 0 bridgehead atoms. The van der Waals surface area contributed by atoms with Crippen molar-refractivity contribution in [2.24, 2.45) is 0 Å². The molecule has 1 aliphatic heterocycles. The lowest BCUT2D eigenvalue weighted by Crippen LogP contribution is -2.25. The molecule has 1 aromatic heterocycles. The van der Waals surface area contributed by atoms with E-state index in [2.05, 4.69) is 10.6 Å². The fourth-order valence-electron chi connectivity index (χ4n) is 1.84. The van der Waals surface area contributed by atoms with Gasteiger partial charge in [0.2, 0.25) is 0 Å². The van der Waals surface area contributed by atoms with Crippen LogP contribution in [0.1, 0.15) is 10.4 Å². The predicted octanol–water partition coefficient (Wildman–Crippen LogP) is 1.44. The van der Waals surface area contributed by atoms with Crippen molar-refractivity contribution in [2.45, 2.75) is 0 Å². The van der Waals surface area contributed by atoms with E-state index in [0.29, 0.717) is 28.4 Å². The monoisotopic (exact) mass is 273 g/mol. The first-order valence-corrected chi connectivity index (χ1v) is 5.83. The Morgan fingerprint density at radius 3 is 3.00 bits per heavy atom. The van der Waals surface area contributed by atoms with E-state index in [1.165, 1.54) is 18.6 Å². The van der Waals surface area contributed by atoms with Gasteiger partial charge in [0, 0.05) is 6.07 Å². The zero-order valence-corrected chi connectivity index (χ0v) is 10.3. The second-order valence-electron chi connectivity index (χ2n) is 4.24. The van der Waals surface area contributed by atoms with Crippen LogP contribution in [0.3, 0.4) is 0 Å². The van der Waals surface area contributed by atoms with Crippen LogP contribution in [0.5, 0.6) is 5.75 Å². The highest BCUT2D eigenvalue weighted by atomic mass is 16.5. The van der Waals surface area contributed by atoms with E-state index in [9.17, 15) is 9.59 Å². The number of carbonyl (C=O) groups excluding carboxylic acids is 2. The molecule has 0 atom stereocenters. The van der Waals surface area contributed by atoms with Crippen molar-refractivity contribution in [1.29, 1.82) is 0 Å². The number of amides is 2. The van der Waals surface area contributed by atoms with Gasteiger partial charge in [-0.2, -0.15) is 0 Å². The normalized spacial score (nSPS) is 13.1. The lowest BCUT2D eigenvalue weighted by atomic mass is 10.2. The molecule has 4 N–H and O–H groups in total. The van der Waals surface area contributed by atoms with E-state index in [1.54, 1.807) is 12.1 Å². The van der Waals surface area contributed by atoms with Crippen molar-refractivity contribution >= 4 is 28.9 Å². The van der Waals surface area contributed by atoms with Crippen molar-refractivity contribution in [2.75, 3.05) is 23.0 Å². The number of hydrogen-bond acceptors (Lipinski definition) is 5. The molecule has 0 saturated heterocycles. The summed E-state index contributed by atoms with van der Waals surface area (Å²) in [5.74, 6) is -0.133. The number of ether oxygens (including phenoxy) is 1. The lowest BCUT2D eigenvalue weighted by Gasteiger charge is -2.20. The molecular formula is C13H11N3O4. The van der Waals surface area contributed by atoms with Gasteiger partial charge >= 0.3 is 0 Å². The van der Waals surface area contributed by atoms with E-state index in [1.807, 2.05) is 0 Å². The maximum Gasteiger partial charge on any atom is 0.262 e. The first-order chi connectivity index (χ1) is 9.63. The van der Waals surface area contributed by atoms with Crippen molar-refractivity contribution in [1.82, 2.24) is 0 Å². The first-order valence-electron chi connectivity index (χ1n) is 5.83. The number of nitrogens with one attached hydrogen (secondary N) is 2. The molecule has 0 unspecified atom stereocenters.